The number of nitrogens with one attached hydrogen (secondary N) is 1. The van der Waals surface area contributed by atoms with Gasteiger partial charge in [-0.25, -0.2) is 9.37 Å². The number of aromatic nitrogens is 2. The summed E-state index contributed by atoms with van der Waals surface area (Å²) in [5.74, 6) is -0.581. The Balaban J connectivity index is 1.74. The largest absolute Gasteiger partial charge is 0.298 e. The molecule has 0 aliphatic carbocycles. The van der Waals surface area contributed by atoms with Crippen molar-refractivity contribution in [3.05, 3.63) is 90.5 Å². The van der Waals surface area contributed by atoms with E-state index >= 15 is 0 Å². The first-order valence-corrected chi connectivity index (χ1v) is 9.06. The summed E-state index contributed by atoms with van der Waals surface area (Å²) in [6.45, 7) is 0. The number of benzene rings is 2. The third-order valence-electron chi connectivity index (χ3n) is 3.92. The molecule has 0 aliphatic rings. The molecule has 0 fully saturated rings. The van der Waals surface area contributed by atoms with E-state index in [-0.39, 0.29) is 11.7 Å². The highest BCUT2D eigenvalue weighted by Crippen LogP contribution is 2.39. The molecular formula is C21H14FN3OS. The van der Waals surface area contributed by atoms with Gasteiger partial charge in [0.1, 0.15) is 5.82 Å². The van der Waals surface area contributed by atoms with E-state index in [0.717, 1.165) is 16.0 Å². The highest BCUT2D eigenvalue weighted by molar-refractivity contribution is 7.19. The SMILES string of the molecule is O=C(Nc1nc(-c2ccc(F)cc2)c(-c2ccccc2)s1)c1cccnc1. The first-order valence-electron chi connectivity index (χ1n) is 8.24. The molecule has 0 unspecified atom stereocenters. The van der Waals surface area contributed by atoms with Gasteiger partial charge in [-0.05, 0) is 42.0 Å². The number of halogens is 1. The Labute approximate surface area is 159 Å². The monoisotopic (exact) mass is 375 g/mol. The molecule has 2 aromatic heterocycles. The van der Waals surface area contributed by atoms with Crippen LogP contribution in [-0.2, 0) is 0 Å². The first-order chi connectivity index (χ1) is 13.2. The number of rotatable bonds is 4. The Hall–Kier alpha value is -3.38. The predicted molar refractivity (Wildman–Crippen MR) is 105 cm³/mol. The van der Waals surface area contributed by atoms with Gasteiger partial charge < -0.3 is 0 Å². The van der Waals surface area contributed by atoms with Gasteiger partial charge in [-0.3, -0.25) is 15.1 Å². The molecule has 4 aromatic rings. The smallest absolute Gasteiger partial charge is 0.259 e. The molecule has 1 amide bonds. The molecule has 0 saturated carbocycles. The van der Waals surface area contributed by atoms with Crippen LogP contribution in [0.2, 0.25) is 0 Å². The van der Waals surface area contributed by atoms with Crippen LogP contribution >= 0.6 is 11.3 Å². The lowest BCUT2D eigenvalue weighted by molar-refractivity contribution is 0.102. The number of carbonyl (C=O) groups excluding carboxylic acids is 1. The van der Waals surface area contributed by atoms with Gasteiger partial charge in [-0.2, -0.15) is 0 Å². The molecule has 132 valence electrons. The average molecular weight is 375 g/mol. The van der Waals surface area contributed by atoms with Crippen LogP contribution in [0.5, 0.6) is 0 Å². The van der Waals surface area contributed by atoms with Gasteiger partial charge in [0.15, 0.2) is 5.13 Å². The molecule has 2 heterocycles. The van der Waals surface area contributed by atoms with Crippen LogP contribution in [0.1, 0.15) is 10.4 Å². The van der Waals surface area contributed by atoms with Crippen molar-refractivity contribution in [1.82, 2.24) is 9.97 Å². The normalized spacial score (nSPS) is 10.6. The zero-order chi connectivity index (χ0) is 18.6. The highest BCUT2D eigenvalue weighted by Gasteiger charge is 2.17. The zero-order valence-corrected chi connectivity index (χ0v) is 14.9. The number of anilines is 1. The molecule has 6 heteroatoms. The van der Waals surface area contributed by atoms with E-state index in [0.29, 0.717) is 16.4 Å². The number of nitrogens with zero attached hydrogens (tertiary/aromatic N) is 2. The van der Waals surface area contributed by atoms with Crippen molar-refractivity contribution in [2.75, 3.05) is 5.32 Å². The Morgan fingerprint density at radius 2 is 1.70 bits per heavy atom. The van der Waals surface area contributed by atoms with Crippen molar-refractivity contribution < 1.29 is 9.18 Å². The molecular weight excluding hydrogens is 361 g/mol. The van der Waals surface area contributed by atoms with Crippen molar-refractivity contribution in [1.29, 1.82) is 0 Å². The Morgan fingerprint density at radius 1 is 0.926 bits per heavy atom. The molecule has 0 radical (unpaired) electrons. The molecule has 0 aliphatic heterocycles. The van der Waals surface area contributed by atoms with Gasteiger partial charge in [0.2, 0.25) is 0 Å². The quantitative estimate of drug-likeness (QED) is 0.529. The maximum atomic E-state index is 13.3. The van der Waals surface area contributed by atoms with Gasteiger partial charge in [0, 0.05) is 18.0 Å². The van der Waals surface area contributed by atoms with Gasteiger partial charge in [-0.1, -0.05) is 41.7 Å². The maximum absolute atomic E-state index is 13.3. The summed E-state index contributed by atoms with van der Waals surface area (Å²) in [5, 5.41) is 3.30. The van der Waals surface area contributed by atoms with Crippen LogP contribution in [0.4, 0.5) is 9.52 Å². The lowest BCUT2D eigenvalue weighted by Crippen LogP contribution is -2.11. The summed E-state index contributed by atoms with van der Waals surface area (Å²) in [6.07, 6.45) is 3.11. The molecule has 4 nitrogen and oxygen atoms in total. The summed E-state index contributed by atoms with van der Waals surface area (Å²) >= 11 is 1.38. The number of carbonyl (C=O) groups is 1. The van der Waals surface area contributed by atoms with Crippen molar-refractivity contribution >= 4 is 22.4 Å². The van der Waals surface area contributed by atoms with E-state index in [4.69, 9.17) is 0 Å². The summed E-state index contributed by atoms with van der Waals surface area (Å²) < 4.78 is 13.3. The summed E-state index contributed by atoms with van der Waals surface area (Å²) in [7, 11) is 0. The summed E-state index contributed by atoms with van der Waals surface area (Å²) in [6, 6.07) is 19.3. The summed E-state index contributed by atoms with van der Waals surface area (Å²) in [5.41, 5.74) is 2.93. The van der Waals surface area contributed by atoms with Crippen LogP contribution in [0.25, 0.3) is 21.7 Å². The van der Waals surface area contributed by atoms with Crippen LogP contribution in [0.15, 0.2) is 79.1 Å². The minimum absolute atomic E-state index is 0.276. The van der Waals surface area contributed by atoms with E-state index in [1.807, 2.05) is 30.3 Å². The third-order valence-corrected chi connectivity index (χ3v) is 4.94. The second-order valence-corrected chi connectivity index (χ2v) is 6.76. The van der Waals surface area contributed by atoms with Crippen molar-refractivity contribution in [2.45, 2.75) is 0 Å². The fourth-order valence-electron chi connectivity index (χ4n) is 2.63. The van der Waals surface area contributed by atoms with E-state index in [2.05, 4.69) is 15.3 Å². The third kappa shape index (κ3) is 3.75. The first kappa shape index (κ1) is 17.1. The Morgan fingerprint density at radius 3 is 2.41 bits per heavy atom. The van der Waals surface area contributed by atoms with Crippen LogP contribution < -0.4 is 5.32 Å². The molecule has 4 rings (SSSR count). The van der Waals surface area contributed by atoms with E-state index in [1.165, 1.54) is 29.7 Å². The van der Waals surface area contributed by atoms with Crippen LogP contribution in [0, 0.1) is 5.82 Å². The van der Waals surface area contributed by atoms with Gasteiger partial charge in [0.25, 0.3) is 5.91 Å². The number of hydrogen-bond donors (Lipinski definition) is 1. The predicted octanol–water partition coefficient (Wildman–Crippen LogP) is 5.26. The number of pyridine rings is 1. The van der Waals surface area contributed by atoms with E-state index < -0.39 is 0 Å². The molecule has 0 atom stereocenters. The molecule has 0 bridgehead atoms. The van der Waals surface area contributed by atoms with Crippen molar-refractivity contribution in [3.8, 4) is 21.7 Å². The average Bonchev–Trinajstić information content (AvgIpc) is 3.13. The van der Waals surface area contributed by atoms with Crippen LogP contribution in [0.3, 0.4) is 0 Å². The van der Waals surface area contributed by atoms with Gasteiger partial charge >= 0.3 is 0 Å². The molecule has 1 N–H and O–H groups in total. The molecule has 2 aromatic carbocycles. The number of thiazole rings is 1. The minimum Gasteiger partial charge on any atom is -0.298 e. The standard InChI is InChI=1S/C21H14FN3OS/c22-17-10-8-14(9-11-17)18-19(15-5-2-1-3-6-15)27-21(24-18)25-20(26)16-7-4-12-23-13-16/h1-13H,(H,24,25,26). The fourth-order valence-corrected chi connectivity index (χ4v) is 3.62. The molecule has 0 saturated heterocycles. The molecule has 0 spiro atoms. The van der Waals surface area contributed by atoms with Gasteiger partial charge in [0.05, 0.1) is 16.1 Å². The molecule has 27 heavy (non-hydrogen) atoms. The van der Waals surface area contributed by atoms with Crippen molar-refractivity contribution in [2.24, 2.45) is 0 Å². The van der Waals surface area contributed by atoms with Crippen LogP contribution in [-0.4, -0.2) is 15.9 Å². The summed E-state index contributed by atoms with van der Waals surface area (Å²) in [4.78, 5) is 21.9. The van der Waals surface area contributed by atoms with Crippen molar-refractivity contribution in [3.63, 3.8) is 0 Å². The number of hydrogen-bond acceptors (Lipinski definition) is 4. The second kappa shape index (κ2) is 7.47. The second-order valence-electron chi connectivity index (χ2n) is 5.77. The topological polar surface area (TPSA) is 54.9 Å². The number of amides is 1. The lowest BCUT2D eigenvalue weighted by Gasteiger charge is -2.02. The zero-order valence-electron chi connectivity index (χ0n) is 14.1. The Bertz CT molecular complexity index is 1060. The maximum Gasteiger partial charge on any atom is 0.259 e. The highest BCUT2D eigenvalue weighted by atomic mass is 32.1. The Kier molecular flexibility index (Phi) is 4.72. The van der Waals surface area contributed by atoms with E-state index in [9.17, 15) is 9.18 Å². The fraction of sp³-hybridized carbons (Fsp3) is 0. The lowest BCUT2D eigenvalue weighted by atomic mass is 10.1. The minimum atomic E-state index is -0.305. The van der Waals surface area contributed by atoms with Gasteiger partial charge in [-0.15, -0.1) is 0 Å². The van der Waals surface area contributed by atoms with E-state index in [1.54, 1.807) is 30.5 Å².